The first-order valence-electron chi connectivity index (χ1n) is 7.22. The fraction of sp³-hybridized carbons (Fsp3) is 0.438. The van der Waals surface area contributed by atoms with Crippen molar-refractivity contribution in [2.24, 2.45) is 7.05 Å². The van der Waals surface area contributed by atoms with Gasteiger partial charge >= 0.3 is 0 Å². The Hall–Kier alpha value is -1.36. The standard InChI is InChI=1S/C16H20ClN3O/c1-12-14(16(17)19(2)18-12)10-20-8-9-21-15(11-20)13-6-4-3-5-7-13/h3-7,15H,8-11H2,1-2H3. The summed E-state index contributed by atoms with van der Waals surface area (Å²) in [4.78, 5) is 2.39. The van der Waals surface area contributed by atoms with Crippen LogP contribution in [-0.4, -0.2) is 34.4 Å². The summed E-state index contributed by atoms with van der Waals surface area (Å²) in [6.07, 6.45) is 0.135. The minimum atomic E-state index is 0.135. The Morgan fingerprint density at radius 3 is 2.76 bits per heavy atom. The lowest BCUT2D eigenvalue weighted by Gasteiger charge is -2.33. The van der Waals surface area contributed by atoms with Crippen LogP contribution in [0.1, 0.15) is 22.9 Å². The molecule has 0 spiro atoms. The first-order valence-corrected chi connectivity index (χ1v) is 7.60. The van der Waals surface area contributed by atoms with Crippen LogP contribution in [0.25, 0.3) is 0 Å². The van der Waals surface area contributed by atoms with Crippen molar-refractivity contribution in [3.63, 3.8) is 0 Å². The van der Waals surface area contributed by atoms with E-state index in [1.165, 1.54) is 5.56 Å². The van der Waals surface area contributed by atoms with E-state index in [1.54, 1.807) is 4.68 Å². The number of hydrogen-bond donors (Lipinski definition) is 0. The number of nitrogens with zero attached hydrogens (tertiary/aromatic N) is 3. The minimum Gasteiger partial charge on any atom is -0.371 e. The van der Waals surface area contributed by atoms with E-state index in [4.69, 9.17) is 16.3 Å². The van der Waals surface area contributed by atoms with Gasteiger partial charge in [0.1, 0.15) is 5.15 Å². The molecule has 2 aromatic rings. The van der Waals surface area contributed by atoms with Crippen LogP contribution in [0.2, 0.25) is 5.15 Å². The highest BCUT2D eigenvalue weighted by Gasteiger charge is 2.23. The normalized spacial score (nSPS) is 19.9. The Bertz CT molecular complexity index is 611. The molecule has 1 aliphatic rings. The Morgan fingerprint density at radius 2 is 2.10 bits per heavy atom. The zero-order chi connectivity index (χ0) is 14.8. The number of hydrogen-bond acceptors (Lipinski definition) is 3. The smallest absolute Gasteiger partial charge is 0.131 e. The number of benzene rings is 1. The van der Waals surface area contributed by atoms with E-state index in [0.717, 1.165) is 42.7 Å². The SMILES string of the molecule is Cc1nn(C)c(Cl)c1CN1CCOC(c2ccccc2)C1. The first-order chi connectivity index (χ1) is 10.1. The van der Waals surface area contributed by atoms with Crippen molar-refractivity contribution in [2.45, 2.75) is 19.6 Å². The lowest BCUT2D eigenvalue weighted by molar-refractivity contribution is -0.0329. The van der Waals surface area contributed by atoms with Gasteiger partial charge in [0.25, 0.3) is 0 Å². The van der Waals surface area contributed by atoms with Crippen LogP contribution in [0.4, 0.5) is 0 Å². The Balaban J connectivity index is 1.72. The van der Waals surface area contributed by atoms with Crippen LogP contribution in [0.3, 0.4) is 0 Å². The highest BCUT2D eigenvalue weighted by Crippen LogP contribution is 2.26. The molecule has 0 amide bonds. The molecule has 5 heteroatoms. The molecule has 112 valence electrons. The maximum Gasteiger partial charge on any atom is 0.131 e. The van der Waals surface area contributed by atoms with Crippen molar-refractivity contribution in [2.75, 3.05) is 19.7 Å². The molecule has 2 heterocycles. The second-order valence-electron chi connectivity index (χ2n) is 5.48. The Kier molecular flexibility index (Phi) is 4.29. The van der Waals surface area contributed by atoms with Gasteiger partial charge in [0.2, 0.25) is 0 Å². The van der Waals surface area contributed by atoms with Crippen LogP contribution in [0.15, 0.2) is 30.3 Å². The van der Waals surface area contributed by atoms with E-state index in [2.05, 4.69) is 34.3 Å². The van der Waals surface area contributed by atoms with Crippen LogP contribution < -0.4 is 0 Å². The fourth-order valence-corrected chi connectivity index (χ4v) is 3.03. The second kappa shape index (κ2) is 6.18. The predicted octanol–water partition coefficient (Wildman–Crippen LogP) is 2.96. The highest BCUT2D eigenvalue weighted by molar-refractivity contribution is 6.30. The van der Waals surface area contributed by atoms with E-state index >= 15 is 0 Å². The molecule has 0 radical (unpaired) electrons. The molecule has 1 aromatic carbocycles. The van der Waals surface area contributed by atoms with E-state index in [9.17, 15) is 0 Å². The average Bonchev–Trinajstić information content (AvgIpc) is 2.75. The quantitative estimate of drug-likeness (QED) is 0.873. The largest absolute Gasteiger partial charge is 0.371 e. The van der Waals surface area contributed by atoms with Crippen LogP contribution >= 0.6 is 11.6 Å². The third-order valence-electron chi connectivity index (χ3n) is 3.97. The number of aromatic nitrogens is 2. The Labute approximate surface area is 130 Å². The summed E-state index contributed by atoms with van der Waals surface area (Å²) >= 11 is 6.33. The monoisotopic (exact) mass is 305 g/mol. The molecule has 1 aliphatic heterocycles. The van der Waals surface area contributed by atoms with Gasteiger partial charge in [0.15, 0.2) is 0 Å². The number of morpholine rings is 1. The van der Waals surface area contributed by atoms with E-state index in [-0.39, 0.29) is 6.10 Å². The molecule has 0 aliphatic carbocycles. The third kappa shape index (κ3) is 3.12. The fourth-order valence-electron chi connectivity index (χ4n) is 2.79. The average molecular weight is 306 g/mol. The van der Waals surface area contributed by atoms with Gasteiger partial charge in [-0.3, -0.25) is 9.58 Å². The van der Waals surface area contributed by atoms with Crippen molar-refractivity contribution < 1.29 is 4.74 Å². The maximum atomic E-state index is 6.33. The van der Waals surface area contributed by atoms with Crippen LogP contribution in [-0.2, 0) is 18.3 Å². The van der Waals surface area contributed by atoms with E-state index < -0.39 is 0 Å². The third-order valence-corrected chi connectivity index (χ3v) is 4.45. The van der Waals surface area contributed by atoms with Gasteiger partial charge in [-0.25, -0.2) is 0 Å². The minimum absolute atomic E-state index is 0.135. The van der Waals surface area contributed by atoms with Gasteiger partial charge in [-0.05, 0) is 12.5 Å². The van der Waals surface area contributed by atoms with Crippen LogP contribution in [0.5, 0.6) is 0 Å². The number of rotatable bonds is 3. The summed E-state index contributed by atoms with van der Waals surface area (Å²) in [5.74, 6) is 0. The zero-order valence-electron chi connectivity index (χ0n) is 12.4. The summed E-state index contributed by atoms with van der Waals surface area (Å²) in [6, 6.07) is 10.4. The van der Waals surface area contributed by atoms with Crippen molar-refractivity contribution in [3.8, 4) is 0 Å². The van der Waals surface area contributed by atoms with Gasteiger partial charge in [0, 0.05) is 32.2 Å². The summed E-state index contributed by atoms with van der Waals surface area (Å²) in [6.45, 7) is 5.39. The molecule has 0 saturated carbocycles. The summed E-state index contributed by atoms with van der Waals surface area (Å²) < 4.78 is 7.64. The van der Waals surface area contributed by atoms with Gasteiger partial charge in [-0.2, -0.15) is 5.10 Å². The molecule has 0 N–H and O–H groups in total. The van der Waals surface area contributed by atoms with E-state index in [0.29, 0.717) is 0 Å². The van der Waals surface area contributed by atoms with Crippen LogP contribution in [0, 0.1) is 6.92 Å². The summed E-state index contributed by atoms with van der Waals surface area (Å²) in [7, 11) is 1.88. The molecular formula is C16H20ClN3O. The molecule has 3 rings (SSSR count). The molecule has 21 heavy (non-hydrogen) atoms. The molecule has 0 bridgehead atoms. The first kappa shape index (κ1) is 14.6. The second-order valence-corrected chi connectivity index (χ2v) is 5.84. The summed E-state index contributed by atoms with van der Waals surface area (Å²) in [5.41, 5.74) is 3.36. The van der Waals surface area contributed by atoms with Crippen molar-refractivity contribution in [1.82, 2.24) is 14.7 Å². The van der Waals surface area contributed by atoms with Gasteiger partial charge in [-0.1, -0.05) is 41.9 Å². The van der Waals surface area contributed by atoms with Crippen molar-refractivity contribution in [1.29, 1.82) is 0 Å². The number of halogens is 1. The van der Waals surface area contributed by atoms with Gasteiger partial charge in [0.05, 0.1) is 18.4 Å². The number of ether oxygens (including phenoxy) is 1. The summed E-state index contributed by atoms with van der Waals surface area (Å²) in [5, 5.41) is 5.11. The molecule has 1 aromatic heterocycles. The molecule has 4 nitrogen and oxygen atoms in total. The predicted molar refractivity (Wildman–Crippen MR) is 83.4 cm³/mol. The molecule has 1 fully saturated rings. The number of aryl methyl sites for hydroxylation is 2. The Morgan fingerprint density at radius 1 is 1.33 bits per heavy atom. The molecule has 1 atom stereocenters. The lowest BCUT2D eigenvalue weighted by atomic mass is 10.1. The van der Waals surface area contributed by atoms with Crippen molar-refractivity contribution in [3.05, 3.63) is 52.3 Å². The van der Waals surface area contributed by atoms with E-state index in [1.807, 2.05) is 20.0 Å². The topological polar surface area (TPSA) is 30.3 Å². The molecular weight excluding hydrogens is 286 g/mol. The maximum absolute atomic E-state index is 6.33. The molecule has 1 saturated heterocycles. The lowest BCUT2D eigenvalue weighted by Crippen LogP contribution is -2.37. The zero-order valence-corrected chi connectivity index (χ0v) is 13.2. The van der Waals surface area contributed by atoms with Gasteiger partial charge < -0.3 is 4.74 Å². The van der Waals surface area contributed by atoms with Gasteiger partial charge in [-0.15, -0.1) is 0 Å². The highest BCUT2D eigenvalue weighted by atomic mass is 35.5. The van der Waals surface area contributed by atoms with Crippen molar-refractivity contribution >= 4 is 11.6 Å². The molecule has 1 unspecified atom stereocenters.